The Morgan fingerprint density at radius 3 is 2.70 bits per heavy atom. The highest BCUT2D eigenvalue weighted by molar-refractivity contribution is 6.05. The number of benzene rings is 1. The van der Waals surface area contributed by atoms with E-state index in [-0.39, 0.29) is 11.9 Å². The number of rotatable bonds is 4. The number of carbonyl (C=O) groups excluding carboxylic acids is 1. The van der Waals surface area contributed by atoms with Crippen LogP contribution in [0.2, 0.25) is 0 Å². The van der Waals surface area contributed by atoms with Gasteiger partial charge in [-0.25, -0.2) is 4.68 Å². The van der Waals surface area contributed by atoms with E-state index in [0.29, 0.717) is 17.2 Å². The summed E-state index contributed by atoms with van der Waals surface area (Å²) in [4.78, 5) is 17.4. The van der Waals surface area contributed by atoms with Crippen molar-refractivity contribution in [2.45, 2.75) is 13.0 Å². The Balaban J connectivity index is 1.72. The molecule has 3 heterocycles. The summed E-state index contributed by atoms with van der Waals surface area (Å²) < 4.78 is 8.87. The monoisotopic (exact) mass is 364 g/mol. The molecular formula is C19H20N6O2. The summed E-state index contributed by atoms with van der Waals surface area (Å²) in [7, 11) is 3.55. The molecular weight excluding hydrogens is 344 g/mol. The zero-order valence-corrected chi connectivity index (χ0v) is 15.3. The van der Waals surface area contributed by atoms with Crippen LogP contribution in [0.1, 0.15) is 18.7 Å². The SMILES string of the molecule is COc1ccc(NC(=O)C2=C(C)Nc3ncnn3[C@@H]2c2cccn2C)cc1. The molecule has 0 saturated carbocycles. The Bertz CT molecular complexity index is 1020. The Morgan fingerprint density at radius 2 is 2.04 bits per heavy atom. The van der Waals surface area contributed by atoms with Crippen molar-refractivity contribution in [2.75, 3.05) is 17.7 Å². The number of aromatic nitrogens is 4. The molecule has 0 fully saturated rings. The van der Waals surface area contributed by atoms with E-state index in [0.717, 1.165) is 17.1 Å². The van der Waals surface area contributed by atoms with Crippen molar-refractivity contribution in [3.63, 3.8) is 0 Å². The highest BCUT2D eigenvalue weighted by Crippen LogP contribution is 2.35. The van der Waals surface area contributed by atoms with Crippen LogP contribution in [0.4, 0.5) is 11.6 Å². The number of carbonyl (C=O) groups is 1. The number of nitrogens with one attached hydrogen (secondary N) is 2. The quantitative estimate of drug-likeness (QED) is 0.743. The molecule has 1 amide bonds. The normalized spacial score (nSPS) is 15.9. The smallest absolute Gasteiger partial charge is 0.255 e. The van der Waals surface area contributed by atoms with Crippen molar-refractivity contribution < 1.29 is 9.53 Å². The number of fused-ring (bicyclic) bond motifs is 1. The number of amides is 1. The second-order valence-corrected chi connectivity index (χ2v) is 6.32. The Morgan fingerprint density at radius 1 is 1.26 bits per heavy atom. The first-order chi connectivity index (χ1) is 13.1. The summed E-state index contributed by atoms with van der Waals surface area (Å²) in [5, 5.41) is 10.5. The fraction of sp³-hybridized carbons (Fsp3) is 0.211. The minimum atomic E-state index is -0.373. The largest absolute Gasteiger partial charge is 0.497 e. The van der Waals surface area contributed by atoms with Gasteiger partial charge in [0, 0.05) is 30.3 Å². The van der Waals surface area contributed by atoms with Crippen molar-refractivity contribution in [3.8, 4) is 5.75 Å². The molecule has 1 aliphatic heterocycles. The maximum atomic E-state index is 13.2. The van der Waals surface area contributed by atoms with Gasteiger partial charge >= 0.3 is 0 Å². The standard InChI is InChI=1S/C19H20N6O2/c1-12-16(18(26)23-13-6-8-14(27-3)9-7-13)17(15-5-4-10-24(15)2)25-19(22-12)20-11-21-25/h4-11,17H,1-3H3,(H,23,26)(H,20,21,22)/t17-/m1/s1. The third-order valence-corrected chi connectivity index (χ3v) is 4.65. The molecule has 2 aromatic heterocycles. The van der Waals surface area contributed by atoms with Crippen molar-refractivity contribution in [3.05, 3.63) is 65.9 Å². The van der Waals surface area contributed by atoms with Crippen LogP contribution in [-0.4, -0.2) is 32.3 Å². The van der Waals surface area contributed by atoms with Gasteiger partial charge in [-0.3, -0.25) is 4.79 Å². The van der Waals surface area contributed by atoms with Crippen LogP contribution in [0.5, 0.6) is 5.75 Å². The number of methoxy groups -OCH3 is 1. The lowest BCUT2D eigenvalue weighted by Crippen LogP contribution is -2.32. The maximum Gasteiger partial charge on any atom is 0.255 e. The molecule has 1 atom stereocenters. The van der Waals surface area contributed by atoms with E-state index in [2.05, 4.69) is 20.7 Å². The first-order valence-corrected chi connectivity index (χ1v) is 8.52. The maximum absolute atomic E-state index is 13.2. The van der Waals surface area contributed by atoms with Gasteiger partial charge in [0.2, 0.25) is 5.95 Å². The second-order valence-electron chi connectivity index (χ2n) is 6.32. The number of aryl methyl sites for hydroxylation is 1. The summed E-state index contributed by atoms with van der Waals surface area (Å²) >= 11 is 0. The summed E-state index contributed by atoms with van der Waals surface area (Å²) in [6.07, 6.45) is 3.43. The van der Waals surface area contributed by atoms with Gasteiger partial charge in [0.05, 0.1) is 12.7 Å². The number of ether oxygens (including phenoxy) is 1. The first-order valence-electron chi connectivity index (χ1n) is 8.52. The first kappa shape index (κ1) is 16.9. The highest BCUT2D eigenvalue weighted by Gasteiger charge is 2.34. The van der Waals surface area contributed by atoms with E-state index >= 15 is 0 Å². The van der Waals surface area contributed by atoms with E-state index in [1.807, 2.05) is 36.9 Å². The number of hydrogen-bond donors (Lipinski definition) is 2. The van der Waals surface area contributed by atoms with Crippen LogP contribution in [0.25, 0.3) is 0 Å². The molecule has 2 N–H and O–H groups in total. The molecule has 8 nitrogen and oxygen atoms in total. The lowest BCUT2D eigenvalue weighted by Gasteiger charge is -2.28. The summed E-state index contributed by atoms with van der Waals surface area (Å²) in [6.45, 7) is 1.87. The lowest BCUT2D eigenvalue weighted by molar-refractivity contribution is -0.113. The molecule has 1 aliphatic rings. The van der Waals surface area contributed by atoms with Crippen LogP contribution in [0, 0.1) is 0 Å². The number of allylic oxidation sites excluding steroid dienone is 1. The Hall–Kier alpha value is -3.55. The molecule has 0 unspecified atom stereocenters. The predicted molar refractivity (Wildman–Crippen MR) is 102 cm³/mol. The van der Waals surface area contributed by atoms with E-state index in [1.54, 1.807) is 36.1 Å². The average molecular weight is 364 g/mol. The van der Waals surface area contributed by atoms with Gasteiger partial charge in [-0.15, -0.1) is 0 Å². The molecule has 0 radical (unpaired) electrons. The van der Waals surface area contributed by atoms with E-state index in [9.17, 15) is 4.79 Å². The van der Waals surface area contributed by atoms with E-state index < -0.39 is 0 Å². The van der Waals surface area contributed by atoms with Gasteiger partial charge in [-0.2, -0.15) is 10.1 Å². The summed E-state index contributed by atoms with van der Waals surface area (Å²) in [5.74, 6) is 1.15. The predicted octanol–water partition coefficient (Wildman–Crippen LogP) is 2.55. The fourth-order valence-electron chi connectivity index (χ4n) is 3.29. The van der Waals surface area contributed by atoms with Gasteiger partial charge in [0.15, 0.2) is 0 Å². The molecule has 1 aromatic carbocycles. The third-order valence-electron chi connectivity index (χ3n) is 4.65. The van der Waals surface area contributed by atoms with Crippen molar-refractivity contribution in [1.29, 1.82) is 0 Å². The van der Waals surface area contributed by atoms with Gasteiger partial charge in [-0.1, -0.05) is 0 Å². The molecule has 138 valence electrons. The minimum absolute atomic E-state index is 0.197. The summed E-state index contributed by atoms with van der Waals surface area (Å²) in [6, 6.07) is 10.8. The zero-order chi connectivity index (χ0) is 19.0. The highest BCUT2D eigenvalue weighted by atomic mass is 16.5. The molecule has 4 rings (SSSR count). The molecule has 0 bridgehead atoms. The molecule has 3 aromatic rings. The van der Waals surface area contributed by atoms with Crippen molar-refractivity contribution >= 4 is 17.5 Å². The fourth-order valence-corrected chi connectivity index (χ4v) is 3.29. The van der Waals surface area contributed by atoms with Gasteiger partial charge in [0.25, 0.3) is 5.91 Å². The summed E-state index contributed by atoms with van der Waals surface area (Å²) in [5.41, 5.74) is 2.97. The number of nitrogens with zero attached hydrogens (tertiary/aromatic N) is 4. The number of anilines is 2. The number of hydrogen-bond acceptors (Lipinski definition) is 5. The van der Waals surface area contributed by atoms with Crippen LogP contribution in [-0.2, 0) is 11.8 Å². The van der Waals surface area contributed by atoms with Crippen molar-refractivity contribution in [2.24, 2.45) is 7.05 Å². The van der Waals surface area contributed by atoms with Crippen LogP contribution < -0.4 is 15.4 Å². The van der Waals surface area contributed by atoms with Crippen molar-refractivity contribution in [1.82, 2.24) is 19.3 Å². The minimum Gasteiger partial charge on any atom is -0.497 e. The average Bonchev–Trinajstić information content (AvgIpc) is 3.29. The second kappa shape index (κ2) is 6.64. The van der Waals surface area contributed by atoms with E-state index in [4.69, 9.17) is 4.74 Å². The van der Waals surface area contributed by atoms with Crippen LogP contribution in [0.15, 0.2) is 60.2 Å². The Labute approximate surface area is 156 Å². The van der Waals surface area contributed by atoms with Crippen LogP contribution in [0.3, 0.4) is 0 Å². The van der Waals surface area contributed by atoms with Gasteiger partial charge in [-0.05, 0) is 43.3 Å². The lowest BCUT2D eigenvalue weighted by atomic mass is 9.99. The molecule has 27 heavy (non-hydrogen) atoms. The molecule has 8 heteroatoms. The topological polar surface area (TPSA) is 86.0 Å². The molecule has 0 spiro atoms. The third kappa shape index (κ3) is 2.95. The van der Waals surface area contributed by atoms with Gasteiger partial charge < -0.3 is 19.9 Å². The van der Waals surface area contributed by atoms with E-state index in [1.165, 1.54) is 6.33 Å². The molecule has 0 aliphatic carbocycles. The van der Waals surface area contributed by atoms with Crippen LogP contribution >= 0.6 is 0 Å². The Kier molecular flexibility index (Phi) is 4.15. The van der Waals surface area contributed by atoms with Gasteiger partial charge in [0.1, 0.15) is 18.1 Å². The zero-order valence-electron chi connectivity index (χ0n) is 15.3. The molecule has 0 saturated heterocycles.